The maximum atomic E-state index is 13.9. The Morgan fingerprint density at radius 3 is 2.48 bits per heavy atom. The summed E-state index contributed by atoms with van der Waals surface area (Å²) in [6, 6.07) is 14.1. The van der Waals surface area contributed by atoms with Crippen LogP contribution in [0.1, 0.15) is 18.9 Å². The lowest BCUT2D eigenvalue weighted by Gasteiger charge is -2.27. The minimum atomic E-state index is -1.14. The molecule has 0 saturated carbocycles. The smallest absolute Gasteiger partial charge is 0.294 e. The largest absolute Gasteiger partial charge is 0.326 e. The molecule has 3 aliphatic rings. The molecule has 0 unspecified atom stereocenters. The van der Waals surface area contributed by atoms with Crippen molar-refractivity contribution in [3.63, 3.8) is 0 Å². The first-order valence-corrected chi connectivity index (χ1v) is 10.8. The van der Waals surface area contributed by atoms with Crippen LogP contribution in [0.2, 0.25) is 5.02 Å². The predicted molar refractivity (Wildman–Crippen MR) is 118 cm³/mol. The summed E-state index contributed by atoms with van der Waals surface area (Å²) in [5.74, 6) is -2.05. The van der Waals surface area contributed by atoms with Gasteiger partial charge in [0.05, 0.1) is 17.4 Å². The number of benzene rings is 2. The minimum Gasteiger partial charge on any atom is -0.326 e. The monoisotopic (exact) mass is 436 g/mol. The molecular weight excluding hydrogens is 414 g/mol. The van der Waals surface area contributed by atoms with Gasteiger partial charge in [-0.25, -0.2) is 4.90 Å². The standard InChI is InChI=1S/C24H22ClN3O3/c1-3-13-27-18-8-6-5-7-16(18)24(23(27)31)20-19(17(4-2)26-24)21(29)28(22(20)30)15-11-9-14(25)10-12-15/h3,5-12,17,19-20,26H,1,4,13H2,2H3/p+1/t17-,19+,20-,24-/m0/s1. The van der Waals surface area contributed by atoms with Gasteiger partial charge in [-0.15, -0.1) is 6.58 Å². The third-order valence-corrected chi connectivity index (χ3v) is 7.14. The second kappa shape index (κ2) is 7.04. The van der Waals surface area contributed by atoms with Crippen LogP contribution in [-0.2, 0) is 19.9 Å². The van der Waals surface area contributed by atoms with Crippen molar-refractivity contribution in [2.24, 2.45) is 11.8 Å². The van der Waals surface area contributed by atoms with Crippen molar-refractivity contribution in [2.45, 2.75) is 24.9 Å². The molecule has 31 heavy (non-hydrogen) atoms. The molecular formula is C24H23ClN3O3+. The van der Waals surface area contributed by atoms with Gasteiger partial charge in [-0.05, 0) is 36.8 Å². The third kappa shape index (κ3) is 2.52. The van der Waals surface area contributed by atoms with Gasteiger partial charge in [-0.1, -0.05) is 42.8 Å². The van der Waals surface area contributed by atoms with Crippen LogP contribution in [0.3, 0.4) is 0 Å². The molecule has 2 aromatic carbocycles. The van der Waals surface area contributed by atoms with Crippen molar-refractivity contribution in [1.29, 1.82) is 0 Å². The lowest BCUT2D eigenvalue weighted by molar-refractivity contribution is -0.733. The maximum Gasteiger partial charge on any atom is 0.294 e. The number of rotatable bonds is 4. The highest BCUT2D eigenvalue weighted by molar-refractivity contribution is 6.31. The number of hydrogen-bond acceptors (Lipinski definition) is 3. The summed E-state index contributed by atoms with van der Waals surface area (Å²) in [7, 11) is 0. The van der Waals surface area contributed by atoms with Crippen LogP contribution in [0.25, 0.3) is 0 Å². The van der Waals surface area contributed by atoms with Gasteiger partial charge < -0.3 is 10.2 Å². The van der Waals surface area contributed by atoms with Crippen LogP contribution >= 0.6 is 11.6 Å². The van der Waals surface area contributed by atoms with E-state index < -0.39 is 17.4 Å². The van der Waals surface area contributed by atoms with E-state index in [4.69, 9.17) is 11.6 Å². The fourth-order valence-electron chi connectivity index (χ4n) is 5.64. The Hall–Kier alpha value is -2.96. The zero-order valence-corrected chi connectivity index (χ0v) is 17.9. The first-order valence-electron chi connectivity index (χ1n) is 10.5. The van der Waals surface area contributed by atoms with Gasteiger partial charge in [0.1, 0.15) is 11.8 Å². The highest BCUT2D eigenvalue weighted by Gasteiger charge is 2.75. The summed E-state index contributed by atoms with van der Waals surface area (Å²) in [5.41, 5.74) is 0.926. The van der Waals surface area contributed by atoms with Crippen LogP contribution in [0.5, 0.6) is 0 Å². The number of amides is 3. The number of imide groups is 1. The molecule has 0 aromatic heterocycles. The number of carbonyl (C=O) groups excluding carboxylic acids is 3. The van der Waals surface area contributed by atoms with Crippen LogP contribution in [0, 0.1) is 11.8 Å². The molecule has 3 aliphatic heterocycles. The van der Waals surface area contributed by atoms with E-state index in [0.29, 0.717) is 23.7 Å². The summed E-state index contributed by atoms with van der Waals surface area (Å²) in [4.78, 5) is 44.1. The number of nitrogens with zero attached hydrogens (tertiary/aromatic N) is 2. The fourth-order valence-corrected chi connectivity index (χ4v) is 5.77. The van der Waals surface area contributed by atoms with Crippen molar-refractivity contribution in [2.75, 3.05) is 16.3 Å². The molecule has 5 rings (SSSR count). The predicted octanol–water partition coefficient (Wildman–Crippen LogP) is 2.23. The van der Waals surface area contributed by atoms with E-state index in [-0.39, 0.29) is 23.8 Å². The molecule has 3 amide bonds. The van der Waals surface area contributed by atoms with Gasteiger partial charge in [0, 0.05) is 17.1 Å². The van der Waals surface area contributed by atoms with E-state index in [9.17, 15) is 14.4 Å². The topological polar surface area (TPSA) is 74.3 Å². The number of nitrogens with two attached hydrogens (primary N) is 1. The quantitative estimate of drug-likeness (QED) is 0.590. The van der Waals surface area contributed by atoms with Crippen molar-refractivity contribution in [3.05, 3.63) is 71.8 Å². The van der Waals surface area contributed by atoms with Crippen molar-refractivity contribution < 1.29 is 19.7 Å². The number of hydrogen-bond donors (Lipinski definition) is 1. The average Bonchev–Trinajstić information content (AvgIpc) is 3.34. The van der Waals surface area contributed by atoms with Crippen molar-refractivity contribution in [3.8, 4) is 0 Å². The third-order valence-electron chi connectivity index (χ3n) is 6.89. The molecule has 1 spiro atoms. The second-order valence-electron chi connectivity index (χ2n) is 8.32. The molecule has 2 N–H and O–H groups in total. The summed E-state index contributed by atoms with van der Waals surface area (Å²) in [5, 5.41) is 2.50. The Kier molecular flexibility index (Phi) is 4.53. The molecule has 158 valence electrons. The molecule has 6 nitrogen and oxygen atoms in total. The average molecular weight is 437 g/mol. The van der Waals surface area contributed by atoms with Crippen LogP contribution in [0.4, 0.5) is 11.4 Å². The van der Waals surface area contributed by atoms with E-state index in [2.05, 4.69) is 6.58 Å². The molecule has 0 radical (unpaired) electrons. The molecule has 4 atom stereocenters. The normalized spacial score (nSPS) is 29.1. The van der Waals surface area contributed by atoms with Crippen LogP contribution < -0.4 is 15.1 Å². The maximum absolute atomic E-state index is 13.9. The number of fused-ring (bicyclic) bond motifs is 4. The van der Waals surface area contributed by atoms with E-state index >= 15 is 0 Å². The SMILES string of the molecule is C=CCN1C(=O)[C@]2([NH2+][C@@H](CC)[C@H]3C(=O)N(c4ccc(Cl)cc4)C(=O)[C@H]32)c2ccccc21. The lowest BCUT2D eigenvalue weighted by Crippen LogP contribution is -2.99. The number of quaternary nitrogens is 1. The summed E-state index contributed by atoms with van der Waals surface area (Å²) in [6.07, 6.45) is 2.35. The second-order valence-corrected chi connectivity index (χ2v) is 8.76. The molecule has 0 bridgehead atoms. The van der Waals surface area contributed by atoms with Gasteiger partial charge in [-0.3, -0.25) is 14.4 Å². The molecule has 2 aromatic rings. The Bertz CT molecular complexity index is 1120. The summed E-state index contributed by atoms with van der Waals surface area (Å²) < 4.78 is 0. The Balaban J connectivity index is 1.68. The van der Waals surface area contributed by atoms with Crippen LogP contribution in [-0.4, -0.2) is 30.3 Å². The number of para-hydroxylation sites is 1. The Morgan fingerprint density at radius 1 is 1.10 bits per heavy atom. The zero-order chi connectivity index (χ0) is 21.9. The van der Waals surface area contributed by atoms with Crippen molar-refractivity contribution in [1.82, 2.24) is 0 Å². The van der Waals surface area contributed by atoms with E-state index in [1.165, 1.54) is 4.90 Å². The van der Waals surface area contributed by atoms with Gasteiger partial charge in [0.25, 0.3) is 5.91 Å². The highest BCUT2D eigenvalue weighted by atomic mass is 35.5. The number of anilines is 2. The van der Waals surface area contributed by atoms with Crippen LogP contribution in [0.15, 0.2) is 61.2 Å². The number of halogens is 1. The molecule has 3 heterocycles. The molecule has 7 heteroatoms. The lowest BCUT2D eigenvalue weighted by atomic mass is 9.76. The minimum absolute atomic E-state index is 0.154. The van der Waals surface area contributed by atoms with E-state index in [1.54, 1.807) is 35.2 Å². The van der Waals surface area contributed by atoms with E-state index in [0.717, 1.165) is 11.3 Å². The fraction of sp³-hybridized carbons (Fsp3) is 0.292. The first-order chi connectivity index (χ1) is 15.0. The highest BCUT2D eigenvalue weighted by Crippen LogP contribution is 2.51. The molecule has 2 fully saturated rings. The Morgan fingerprint density at radius 2 is 1.81 bits per heavy atom. The zero-order valence-electron chi connectivity index (χ0n) is 17.1. The van der Waals surface area contributed by atoms with Gasteiger partial charge in [-0.2, -0.15) is 0 Å². The Labute approximate surface area is 185 Å². The van der Waals surface area contributed by atoms with Gasteiger partial charge in [0.2, 0.25) is 17.4 Å². The molecule has 2 saturated heterocycles. The van der Waals surface area contributed by atoms with Crippen molar-refractivity contribution >= 4 is 40.7 Å². The molecule has 0 aliphatic carbocycles. The number of carbonyl (C=O) groups is 3. The van der Waals surface area contributed by atoms with Gasteiger partial charge >= 0.3 is 0 Å². The van der Waals surface area contributed by atoms with E-state index in [1.807, 2.05) is 36.5 Å². The van der Waals surface area contributed by atoms with Gasteiger partial charge in [0.15, 0.2) is 0 Å². The summed E-state index contributed by atoms with van der Waals surface area (Å²) >= 11 is 6.00. The first kappa shape index (κ1) is 20.0. The summed E-state index contributed by atoms with van der Waals surface area (Å²) in [6.45, 7) is 6.13.